The first-order valence-electron chi connectivity index (χ1n) is 5.98. The van der Waals surface area contributed by atoms with Crippen LogP contribution in [0.5, 0.6) is 0 Å². The first-order chi connectivity index (χ1) is 8.97. The van der Waals surface area contributed by atoms with E-state index >= 15 is 0 Å². The summed E-state index contributed by atoms with van der Waals surface area (Å²) in [7, 11) is 0. The molecule has 0 saturated heterocycles. The van der Waals surface area contributed by atoms with E-state index in [4.69, 9.17) is 28.9 Å². The van der Waals surface area contributed by atoms with Crippen LogP contribution in [0.15, 0.2) is 42.5 Å². The van der Waals surface area contributed by atoms with Crippen molar-refractivity contribution in [3.8, 4) is 0 Å². The van der Waals surface area contributed by atoms with Crippen LogP contribution in [0.25, 0.3) is 0 Å². The van der Waals surface area contributed by atoms with Gasteiger partial charge in [0.25, 0.3) is 0 Å². The Labute approximate surface area is 122 Å². The highest BCUT2D eigenvalue weighted by Crippen LogP contribution is 2.36. The summed E-state index contributed by atoms with van der Waals surface area (Å²) < 4.78 is 13.4. The molecule has 1 nitrogen and oxygen atoms in total. The monoisotopic (exact) mass is 297 g/mol. The molecule has 19 heavy (non-hydrogen) atoms. The Kier molecular flexibility index (Phi) is 4.14. The van der Waals surface area contributed by atoms with E-state index in [9.17, 15) is 4.39 Å². The van der Waals surface area contributed by atoms with E-state index in [1.54, 1.807) is 30.3 Å². The first-order valence-corrected chi connectivity index (χ1v) is 6.73. The van der Waals surface area contributed by atoms with Gasteiger partial charge in [-0.1, -0.05) is 42.3 Å². The highest BCUT2D eigenvalue weighted by atomic mass is 35.5. The minimum atomic E-state index is -0.857. The van der Waals surface area contributed by atoms with Crippen LogP contribution in [-0.2, 0) is 5.54 Å². The molecular weight excluding hydrogens is 284 g/mol. The van der Waals surface area contributed by atoms with Crippen LogP contribution in [-0.4, -0.2) is 0 Å². The maximum atomic E-state index is 13.4. The second-order valence-electron chi connectivity index (χ2n) is 4.46. The minimum Gasteiger partial charge on any atom is -0.318 e. The van der Waals surface area contributed by atoms with Gasteiger partial charge < -0.3 is 5.73 Å². The molecule has 1 unspecified atom stereocenters. The van der Waals surface area contributed by atoms with Crippen LogP contribution in [0.2, 0.25) is 10.0 Å². The van der Waals surface area contributed by atoms with Gasteiger partial charge in [-0.2, -0.15) is 0 Å². The van der Waals surface area contributed by atoms with Crippen LogP contribution in [0, 0.1) is 5.82 Å². The second-order valence-corrected chi connectivity index (χ2v) is 5.30. The SMILES string of the molecule is CCC(N)(c1cccc(F)c1)c1cc(Cl)ccc1Cl. The number of hydrogen-bond acceptors (Lipinski definition) is 1. The lowest BCUT2D eigenvalue weighted by Gasteiger charge is -2.30. The van der Waals surface area contributed by atoms with Crippen LogP contribution >= 0.6 is 23.2 Å². The van der Waals surface area contributed by atoms with Crippen molar-refractivity contribution < 1.29 is 4.39 Å². The Bertz CT molecular complexity index is 600. The van der Waals surface area contributed by atoms with Crippen LogP contribution in [0.4, 0.5) is 4.39 Å². The maximum Gasteiger partial charge on any atom is 0.123 e. The van der Waals surface area contributed by atoms with E-state index in [-0.39, 0.29) is 5.82 Å². The lowest BCUT2D eigenvalue weighted by Crippen LogP contribution is -2.37. The molecule has 0 amide bonds. The molecule has 1 atom stereocenters. The molecule has 0 aromatic heterocycles. The molecule has 0 saturated carbocycles. The lowest BCUT2D eigenvalue weighted by molar-refractivity contribution is 0.513. The molecule has 2 rings (SSSR count). The van der Waals surface area contributed by atoms with Crippen molar-refractivity contribution in [2.45, 2.75) is 18.9 Å². The lowest BCUT2D eigenvalue weighted by atomic mass is 9.81. The molecular formula is C15H14Cl2FN. The zero-order chi connectivity index (χ0) is 14.0. The van der Waals surface area contributed by atoms with Crippen molar-refractivity contribution in [2.24, 2.45) is 5.73 Å². The summed E-state index contributed by atoms with van der Waals surface area (Å²) in [6, 6.07) is 11.4. The van der Waals surface area contributed by atoms with Gasteiger partial charge in [-0.25, -0.2) is 4.39 Å². The van der Waals surface area contributed by atoms with Gasteiger partial charge in [0.05, 0.1) is 5.54 Å². The molecule has 0 aliphatic carbocycles. The Morgan fingerprint density at radius 1 is 1.16 bits per heavy atom. The molecule has 2 aromatic carbocycles. The summed E-state index contributed by atoms with van der Waals surface area (Å²) in [5.41, 5.74) is 6.99. The smallest absolute Gasteiger partial charge is 0.123 e. The molecule has 0 radical (unpaired) electrons. The molecule has 0 heterocycles. The van der Waals surface area contributed by atoms with Gasteiger partial charge in [0.1, 0.15) is 5.82 Å². The van der Waals surface area contributed by atoms with Gasteiger partial charge >= 0.3 is 0 Å². The summed E-state index contributed by atoms with van der Waals surface area (Å²) in [4.78, 5) is 0. The highest BCUT2D eigenvalue weighted by Gasteiger charge is 2.30. The first kappa shape index (κ1) is 14.3. The third-order valence-corrected chi connectivity index (χ3v) is 3.87. The van der Waals surface area contributed by atoms with Gasteiger partial charge in [0, 0.05) is 10.0 Å². The van der Waals surface area contributed by atoms with Crippen LogP contribution < -0.4 is 5.73 Å². The Balaban J connectivity index is 2.62. The third kappa shape index (κ3) is 2.76. The topological polar surface area (TPSA) is 26.0 Å². The number of hydrogen-bond donors (Lipinski definition) is 1. The van der Waals surface area contributed by atoms with Crippen molar-refractivity contribution in [3.63, 3.8) is 0 Å². The maximum absolute atomic E-state index is 13.4. The van der Waals surface area contributed by atoms with Gasteiger partial charge in [-0.05, 0) is 47.9 Å². The number of halogens is 3. The Morgan fingerprint density at radius 3 is 2.53 bits per heavy atom. The molecule has 0 fully saturated rings. The van der Waals surface area contributed by atoms with E-state index in [1.165, 1.54) is 12.1 Å². The fourth-order valence-electron chi connectivity index (χ4n) is 2.16. The molecule has 0 spiro atoms. The minimum absolute atomic E-state index is 0.320. The van der Waals surface area contributed by atoms with Crippen molar-refractivity contribution in [3.05, 3.63) is 69.5 Å². The third-order valence-electron chi connectivity index (χ3n) is 3.31. The predicted octanol–water partition coefficient (Wildman–Crippen LogP) is 4.74. The number of nitrogens with two attached hydrogens (primary N) is 1. The van der Waals surface area contributed by atoms with Crippen molar-refractivity contribution in [1.82, 2.24) is 0 Å². The van der Waals surface area contributed by atoms with Gasteiger partial charge in [0.15, 0.2) is 0 Å². The Hall–Kier alpha value is -1.09. The second kappa shape index (κ2) is 5.49. The molecule has 0 aliphatic heterocycles. The van der Waals surface area contributed by atoms with Gasteiger partial charge in [-0.3, -0.25) is 0 Å². The molecule has 0 aliphatic rings. The predicted molar refractivity (Wildman–Crippen MR) is 78.1 cm³/mol. The standard InChI is InChI=1S/C15H14Cl2FN/c1-2-15(19,10-4-3-5-12(18)8-10)13-9-11(16)6-7-14(13)17/h3-9H,2,19H2,1H3. The van der Waals surface area contributed by atoms with E-state index in [0.29, 0.717) is 27.6 Å². The van der Waals surface area contributed by atoms with Crippen LogP contribution in [0.1, 0.15) is 24.5 Å². The number of benzene rings is 2. The molecule has 2 N–H and O–H groups in total. The van der Waals surface area contributed by atoms with Crippen molar-refractivity contribution in [1.29, 1.82) is 0 Å². The summed E-state index contributed by atoms with van der Waals surface area (Å²) in [6.45, 7) is 1.93. The summed E-state index contributed by atoms with van der Waals surface area (Å²) in [5, 5.41) is 1.08. The average molecular weight is 298 g/mol. The van der Waals surface area contributed by atoms with E-state index in [0.717, 1.165) is 0 Å². The Morgan fingerprint density at radius 2 is 1.89 bits per heavy atom. The summed E-state index contributed by atoms with van der Waals surface area (Å²) >= 11 is 12.2. The normalized spacial score (nSPS) is 14.2. The highest BCUT2D eigenvalue weighted by molar-refractivity contribution is 6.33. The molecule has 100 valence electrons. The fourth-order valence-corrected chi connectivity index (χ4v) is 2.61. The van der Waals surface area contributed by atoms with Gasteiger partial charge in [-0.15, -0.1) is 0 Å². The fraction of sp³-hybridized carbons (Fsp3) is 0.200. The molecule has 0 bridgehead atoms. The number of rotatable bonds is 3. The largest absolute Gasteiger partial charge is 0.318 e. The van der Waals surface area contributed by atoms with Crippen LogP contribution in [0.3, 0.4) is 0 Å². The molecule has 2 aromatic rings. The quantitative estimate of drug-likeness (QED) is 0.869. The zero-order valence-electron chi connectivity index (χ0n) is 10.5. The van der Waals surface area contributed by atoms with Crippen molar-refractivity contribution >= 4 is 23.2 Å². The summed E-state index contributed by atoms with van der Waals surface area (Å²) in [6.07, 6.45) is 0.580. The van der Waals surface area contributed by atoms with Crippen molar-refractivity contribution in [2.75, 3.05) is 0 Å². The molecule has 4 heteroatoms. The zero-order valence-corrected chi connectivity index (χ0v) is 12.0. The average Bonchev–Trinajstić information content (AvgIpc) is 2.40. The van der Waals surface area contributed by atoms with Gasteiger partial charge in [0.2, 0.25) is 0 Å². The van der Waals surface area contributed by atoms with E-state index < -0.39 is 5.54 Å². The van der Waals surface area contributed by atoms with E-state index in [2.05, 4.69) is 0 Å². The van der Waals surface area contributed by atoms with E-state index in [1.807, 2.05) is 6.92 Å². The summed E-state index contributed by atoms with van der Waals surface area (Å²) in [5.74, 6) is -0.320.